The van der Waals surface area contributed by atoms with Crippen molar-refractivity contribution in [3.8, 4) is 28.7 Å². The van der Waals surface area contributed by atoms with Crippen LogP contribution in [0.3, 0.4) is 0 Å². The Balaban J connectivity index is 1.63. The van der Waals surface area contributed by atoms with Crippen LogP contribution in [0.15, 0.2) is 59.0 Å². The molecule has 30 heavy (non-hydrogen) atoms. The van der Waals surface area contributed by atoms with Gasteiger partial charge in [-0.3, -0.25) is 10.1 Å². The molecule has 8 nitrogen and oxygen atoms in total. The number of nitrogens with zero attached hydrogens (tertiary/aromatic N) is 2. The predicted octanol–water partition coefficient (Wildman–Crippen LogP) is 4.17. The maximum atomic E-state index is 12.8. The molecule has 8 heteroatoms. The van der Waals surface area contributed by atoms with Crippen LogP contribution in [0.5, 0.6) is 17.2 Å². The highest BCUT2D eigenvalue weighted by atomic mass is 16.5. The van der Waals surface area contributed by atoms with E-state index < -0.39 is 0 Å². The summed E-state index contributed by atoms with van der Waals surface area (Å²) in [5.41, 5.74) is 1.07. The maximum Gasteiger partial charge on any atom is 0.322 e. The molecule has 1 N–H and O–H groups in total. The monoisotopic (exact) mass is 405 g/mol. The fourth-order valence-corrected chi connectivity index (χ4v) is 3.18. The average molecular weight is 405 g/mol. The first-order chi connectivity index (χ1) is 14.6. The first-order valence-electron chi connectivity index (χ1n) is 9.07. The second kappa shape index (κ2) is 8.12. The predicted molar refractivity (Wildman–Crippen MR) is 111 cm³/mol. The van der Waals surface area contributed by atoms with Crippen molar-refractivity contribution in [3.63, 3.8) is 0 Å². The number of carbonyl (C=O) groups is 1. The van der Waals surface area contributed by atoms with Crippen molar-refractivity contribution in [1.82, 2.24) is 10.2 Å². The quantitative estimate of drug-likeness (QED) is 0.514. The van der Waals surface area contributed by atoms with Gasteiger partial charge in [-0.15, -0.1) is 5.10 Å². The van der Waals surface area contributed by atoms with E-state index >= 15 is 0 Å². The molecule has 4 rings (SSSR count). The zero-order valence-electron chi connectivity index (χ0n) is 16.6. The van der Waals surface area contributed by atoms with Crippen molar-refractivity contribution in [2.75, 3.05) is 26.6 Å². The van der Waals surface area contributed by atoms with Gasteiger partial charge in [-0.1, -0.05) is 41.5 Å². The van der Waals surface area contributed by atoms with Crippen LogP contribution in [0.4, 0.5) is 6.01 Å². The number of fused-ring (bicyclic) bond motifs is 1. The maximum absolute atomic E-state index is 12.8. The molecule has 0 aliphatic carbocycles. The minimum Gasteiger partial charge on any atom is -0.493 e. The van der Waals surface area contributed by atoms with Crippen LogP contribution in [0.1, 0.15) is 10.4 Å². The van der Waals surface area contributed by atoms with E-state index in [0.29, 0.717) is 28.4 Å². The summed E-state index contributed by atoms with van der Waals surface area (Å²) < 4.78 is 21.7. The molecule has 1 amide bonds. The molecule has 0 bridgehead atoms. The first kappa shape index (κ1) is 19.3. The molecule has 0 aliphatic rings. The van der Waals surface area contributed by atoms with Gasteiger partial charge in [-0.2, -0.15) is 0 Å². The lowest BCUT2D eigenvalue weighted by Gasteiger charge is -2.12. The third kappa shape index (κ3) is 3.50. The number of nitrogens with one attached hydrogen (secondary N) is 1. The molecule has 1 aromatic heterocycles. The van der Waals surface area contributed by atoms with Crippen LogP contribution < -0.4 is 19.5 Å². The lowest BCUT2D eigenvalue weighted by Crippen LogP contribution is -2.12. The summed E-state index contributed by atoms with van der Waals surface area (Å²) in [6.07, 6.45) is 0. The van der Waals surface area contributed by atoms with Gasteiger partial charge in [0.2, 0.25) is 11.6 Å². The third-order valence-electron chi connectivity index (χ3n) is 4.59. The molecule has 4 aromatic rings. The molecule has 0 aliphatic heterocycles. The summed E-state index contributed by atoms with van der Waals surface area (Å²) in [5.74, 6) is 1.21. The molecule has 152 valence electrons. The van der Waals surface area contributed by atoms with E-state index in [9.17, 15) is 4.79 Å². The summed E-state index contributed by atoms with van der Waals surface area (Å²) in [6.45, 7) is 0. The molecule has 0 saturated heterocycles. The van der Waals surface area contributed by atoms with Crippen LogP contribution in [-0.2, 0) is 0 Å². The zero-order valence-corrected chi connectivity index (χ0v) is 16.6. The Morgan fingerprint density at radius 2 is 1.60 bits per heavy atom. The first-order valence-corrected chi connectivity index (χ1v) is 9.07. The van der Waals surface area contributed by atoms with Gasteiger partial charge >= 0.3 is 6.01 Å². The van der Waals surface area contributed by atoms with Gasteiger partial charge in [0.25, 0.3) is 5.91 Å². The molecule has 0 spiro atoms. The Labute approximate surface area is 172 Å². The molecule has 0 atom stereocenters. The van der Waals surface area contributed by atoms with Crippen molar-refractivity contribution in [2.45, 2.75) is 0 Å². The molecule has 3 aromatic carbocycles. The van der Waals surface area contributed by atoms with Crippen molar-refractivity contribution in [3.05, 3.63) is 60.2 Å². The van der Waals surface area contributed by atoms with E-state index in [2.05, 4.69) is 15.5 Å². The van der Waals surface area contributed by atoms with Gasteiger partial charge in [0, 0.05) is 11.1 Å². The summed E-state index contributed by atoms with van der Waals surface area (Å²) in [6, 6.07) is 16.5. The Hall–Kier alpha value is -4.07. The Bertz CT molecular complexity index is 1190. The van der Waals surface area contributed by atoms with E-state index in [1.165, 1.54) is 21.3 Å². The number of amides is 1. The number of hydrogen-bond donors (Lipinski definition) is 1. The highest BCUT2D eigenvalue weighted by molar-refractivity contribution is 6.12. The van der Waals surface area contributed by atoms with Gasteiger partial charge in [0.1, 0.15) is 0 Å². The smallest absolute Gasteiger partial charge is 0.322 e. The van der Waals surface area contributed by atoms with Gasteiger partial charge in [0.05, 0.1) is 21.3 Å². The highest BCUT2D eigenvalue weighted by Gasteiger charge is 2.19. The molecule has 0 unspecified atom stereocenters. The van der Waals surface area contributed by atoms with Crippen LogP contribution in [0.25, 0.3) is 22.2 Å². The van der Waals surface area contributed by atoms with Gasteiger partial charge in [-0.05, 0) is 29.0 Å². The Kier molecular flexibility index (Phi) is 5.21. The summed E-state index contributed by atoms with van der Waals surface area (Å²) in [4.78, 5) is 12.8. The fraction of sp³-hybridized carbons (Fsp3) is 0.136. The number of methoxy groups -OCH3 is 3. The highest BCUT2D eigenvalue weighted by Crippen LogP contribution is 2.41. The van der Waals surface area contributed by atoms with Crippen LogP contribution in [-0.4, -0.2) is 37.4 Å². The van der Waals surface area contributed by atoms with Gasteiger partial charge in [0.15, 0.2) is 11.5 Å². The summed E-state index contributed by atoms with van der Waals surface area (Å²) in [7, 11) is 4.56. The van der Waals surface area contributed by atoms with E-state index in [4.69, 9.17) is 18.6 Å². The zero-order chi connectivity index (χ0) is 21.1. The molecule has 1 heterocycles. The average Bonchev–Trinajstić information content (AvgIpc) is 3.25. The van der Waals surface area contributed by atoms with Crippen molar-refractivity contribution in [2.24, 2.45) is 0 Å². The van der Waals surface area contributed by atoms with E-state index in [-0.39, 0.29) is 17.8 Å². The van der Waals surface area contributed by atoms with E-state index in [1.807, 2.05) is 36.4 Å². The van der Waals surface area contributed by atoms with Crippen LogP contribution >= 0.6 is 0 Å². The van der Waals surface area contributed by atoms with Gasteiger partial charge in [-0.25, -0.2) is 0 Å². The number of hydrogen-bond acceptors (Lipinski definition) is 7. The number of aromatic nitrogens is 2. The molecule has 0 radical (unpaired) electrons. The lowest BCUT2D eigenvalue weighted by atomic mass is 10.0. The lowest BCUT2D eigenvalue weighted by molar-refractivity contribution is 0.102. The molecular weight excluding hydrogens is 386 g/mol. The number of ether oxygens (including phenoxy) is 3. The second-order valence-electron chi connectivity index (χ2n) is 6.31. The Morgan fingerprint density at radius 3 is 2.30 bits per heavy atom. The molecular formula is C22H19N3O5. The normalized spacial score (nSPS) is 10.6. The topological polar surface area (TPSA) is 95.7 Å². The van der Waals surface area contributed by atoms with Crippen molar-refractivity contribution < 1.29 is 23.4 Å². The van der Waals surface area contributed by atoms with Crippen LogP contribution in [0.2, 0.25) is 0 Å². The fourth-order valence-electron chi connectivity index (χ4n) is 3.18. The Morgan fingerprint density at radius 1 is 0.900 bits per heavy atom. The number of carbonyl (C=O) groups excluding carboxylic acids is 1. The van der Waals surface area contributed by atoms with E-state index in [0.717, 1.165) is 10.8 Å². The minimum absolute atomic E-state index is 0.0170. The largest absolute Gasteiger partial charge is 0.493 e. The number of anilines is 1. The summed E-state index contributed by atoms with van der Waals surface area (Å²) in [5, 5.41) is 12.4. The third-order valence-corrected chi connectivity index (χ3v) is 4.59. The molecule has 0 saturated carbocycles. The van der Waals surface area contributed by atoms with Crippen molar-refractivity contribution in [1.29, 1.82) is 0 Å². The standard InChI is InChI=1S/C22H19N3O5/c1-27-17-11-14(12-18(28-2)19(17)29-3)21-24-25-22(30-21)23-20(26)16-10-6-8-13-7-4-5-9-15(13)16/h4-12H,1-3H3,(H,23,25,26). The van der Waals surface area contributed by atoms with E-state index in [1.54, 1.807) is 18.2 Å². The summed E-state index contributed by atoms with van der Waals surface area (Å²) >= 11 is 0. The van der Waals surface area contributed by atoms with Crippen molar-refractivity contribution >= 4 is 22.7 Å². The van der Waals surface area contributed by atoms with Gasteiger partial charge < -0.3 is 18.6 Å². The SMILES string of the molecule is COc1cc(-c2nnc(NC(=O)c3cccc4ccccc34)o2)cc(OC)c1OC. The second-order valence-corrected chi connectivity index (χ2v) is 6.31. The number of benzene rings is 3. The molecule has 0 fully saturated rings. The number of rotatable bonds is 6. The van der Waals surface area contributed by atoms with Crippen LogP contribution in [0, 0.1) is 0 Å². The minimum atomic E-state index is -0.341.